The van der Waals surface area contributed by atoms with Crippen molar-refractivity contribution in [2.75, 3.05) is 26.2 Å². The zero-order chi connectivity index (χ0) is 37.4. The maximum absolute atomic E-state index is 11.0. The molecule has 0 bridgehead atoms. The number of allylic oxidation sites excluding steroid dienone is 4. The normalized spacial score (nSPS) is 19.6. The standard InChI is InChI=1S/C10H18O5.C7H12.C6H11N.C5H10O2.C5H8.C4H9NO2.2ClH/c1-9(2,3)14-7(11)13-8(12)15-10(4,5)6;2*1-3-5-7-6-4-2;6-4-2-1-3-5(4)7;1-2-4-5-3-1;6-3-1-5-2-4(3)7;;/h1-6H3;3-4H,1-2,5-7H2;3-4,7H,1-2,5-6H2;4-7H,1-3H2;1-2H,3-5H2;3-7H,1-2H2;2*1H/t;;;4-,5+;;3-,4+;;. The van der Waals surface area contributed by atoms with E-state index < -0.39 is 47.9 Å². The van der Waals surface area contributed by atoms with Crippen LogP contribution in [-0.2, 0) is 14.2 Å². The molecule has 1 aliphatic heterocycles. The Morgan fingerprint density at radius 3 is 1.28 bits per heavy atom. The van der Waals surface area contributed by atoms with E-state index in [9.17, 15) is 9.59 Å². The topological polar surface area (TPSA) is 167 Å². The minimum absolute atomic E-state index is 0. The Hall–Kier alpha value is -2.22. The number of carbonyl (C=O) groups excluding carboxylic acids is 2. The summed E-state index contributed by atoms with van der Waals surface area (Å²) < 4.78 is 13.8. The van der Waals surface area contributed by atoms with Gasteiger partial charge in [0.15, 0.2) is 0 Å². The third kappa shape index (κ3) is 45.8. The highest BCUT2D eigenvalue weighted by Crippen LogP contribution is 2.17. The lowest BCUT2D eigenvalue weighted by molar-refractivity contribution is -0.0293. The van der Waals surface area contributed by atoms with E-state index >= 15 is 0 Å². The molecule has 0 aromatic heterocycles. The van der Waals surface area contributed by atoms with Crippen molar-refractivity contribution in [2.24, 2.45) is 0 Å². The molecule has 6 N–H and O–H groups in total. The first kappa shape index (κ1) is 57.1. The fraction of sp³-hybridized carbons (Fsp3) is 0.676. The maximum Gasteiger partial charge on any atom is 0.519 e. The number of nitrogens with one attached hydrogen (secondary N) is 2. The summed E-state index contributed by atoms with van der Waals surface area (Å²) in [6, 6.07) is 0. The van der Waals surface area contributed by atoms with Gasteiger partial charge in [-0.05, 0) is 99.3 Å². The van der Waals surface area contributed by atoms with Crippen molar-refractivity contribution in [3.63, 3.8) is 0 Å². The van der Waals surface area contributed by atoms with Crippen LogP contribution in [0.2, 0.25) is 0 Å². The van der Waals surface area contributed by atoms with Crippen molar-refractivity contribution in [1.29, 1.82) is 0 Å². The summed E-state index contributed by atoms with van der Waals surface area (Å²) in [6.45, 7) is 27.1. The summed E-state index contributed by atoms with van der Waals surface area (Å²) in [7, 11) is 0. The fourth-order valence-electron chi connectivity index (χ4n) is 3.47. The van der Waals surface area contributed by atoms with Crippen LogP contribution in [0, 0.1) is 0 Å². The Balaban J connectivity index is -0.000000167. The van der Waals surface area contributed by atoms with E-state index in [4.69, 9.17) is 29.9 Å². The molecule has 0 aromatic carbocycles. The van der Waals surface area contributed by atoms with Crippen molar-refractivity contribution >= 4 is 37.1 Å². The maximum atomic E-state index is 11.0. The van der Waals surface area contributed by atoms with Crippen LogP contribution in [0.25, 0.3) is 0 Å². The fourth-order valence-corrected chi connectivity index (χ4v) is 3.47. The lowest BCUT2D eigenvalue weighted by atomic mass is 10.2. The molecular weight excluding hydrogens is 687 g/mol. The molecule has 3 rings (SSSR count). The van der Waals surface area contributed by atoms with Crippen LogP contribution in [0.15, 0.2) is 62.8 Å². The van der Waals surface area contributed by atoms with Crippen LogP contribution in [0.5, 0.6) is 0 Å². The van der Waals surface area contributed by atoms with Gasteiger partial charge < -0.3 is 45.3 Å². The van der Waals surface area contributed by atoms with Crippen LogP contribution in [-0.4, -0.2) is 94.5 Å². The Kier molecular flexibility index (Phi) is 41.8. The average molecular weight is 758 g/mol. The first-order valence-electron chi connectivity index (χ1n) is 16.8. The van der Waals surface area contributed by atoms with Crippen molar-refractivity contribution < 1.29 is 44.2 Å². The average Bonchev–Trinajstić information content (AvgIpc) is 3.75. The quantitative estimate of drug-likeness (QED) is 0.0646. The predicted molar refractivity (Wildman–Crippen MR) is 209 cm³/mol. The van der Waals surface area contributed by atoms with Gasteiger partial charge in [0.25, 0.3) is 0 Å². The smallest absolute Gasteiger partial charge is 0.428 e. The minimum atomic E-state index is -1.06. The highest BCUT2D eigenvalue weighted by atomic mass is 35.5. The molecule has 296 valence electrons. The van der Waals surface area contributed by atoms with Crippen LogP contribution in [0.1, 0.15) is 99.3 Å². The van der Waals surface area contributed by atoms with Gasteiger partial charge in [-0.25, -0.2) is 9.59 Å². The number of ether oxygens (including phenoxy) is 3. The molecule has 0 amide bonds. The Morgan fingerprint density at radius 2 is 1.08 bits per heavy atom. The summed E-state index contributed by atoms with van der Waals surface area (Å²) in [4.78, 5) is 22.0. The Bertz CT molecular complexity index is 791. The van der Waals surface area contributed by atoms with Crippen LogP contribution < -0.4 is 10.6 Å². The molecule has 1 saturated heterocycles. The lowest BCUT2D eigenvalue weighted by Crippen LogP contribution is -2.29. The van der Waals surface area contributed by atoms with E-state index in [1.807, 2.05) is 24.3 Å². The van der Waals surface area contributed by atoms with E-state index in [2.05, 4.69) is 53.8 Å². The van der Waals surface area contributed by atoms with E-state index in [1.54, 1.807) is 41.5 Å². The summed E-state index contributed by atoms with van der Waals surface area (Å²) >= 11 is 0. The Labute approximate surface area is 315 Å². The zero-order valence-corrected chi connectivity index (χ0v) is 33.1. The van der Waals surface area contributed by atoms with E-state index in [1.165, 1.54) is 25.7 Å². The summed E-state index contributed by atoms with van der Waals surface area (Å²) in [6.07, 6.45) is 17.9. The van der Waals surface area contributed by atoms with Gasteiger partial charge in [0.1, 0.15) is 11.2 Å². The SMILES string of the molecule is C1=CCCC1.C=CCCCC=C.C=CCNCC=C.CC(C)(C)OC(=O)OC(=O)OC(C)(C)C.Cl.Cl.O[C@@H]1CCC[C@@H]1O.O[C@@H]1CNC[C@@H]1O. The molecule has 3 aliphatic rings. The molecule has 2 fully saturated rings. The van der Waals surface area contributed by atoms with Gasteiger partial charge in [-0.3, -0.25) is 0 Å². The largest absolute Gasteiger partial charge is 0.519 e. The number of hydrogen-bond donors (Lipinski definition) is 6. The number of unbranched alkanes of at least 4 members (excludes halogenated alkanes) is 2. The molecule has 50 heavy (non-hydrogen) atoms. The second kappa shape index (κ2) is 36.6. The monoisotopic (exact) mass is 756 g/mol. The van der Waals surface area contributed by atoms with Crippen LogP contribution in [0.4, 0.5) is 9.59 Å². The third-order valence-electron chi connectivity index (χ3n) is 5.84. The lowest BCUT2D eigenvalue weighted by Gasteiger charge is -2.20. The zero-order valence-electron chi connectivity index (χ0n) is 31.4. The van der Waals surface area contributed by atoms with Gasteiger partial charge in [-0.15, -0.1) is 51.1 Å². The number of β-amino-alcohol motifs (C(OH)–C–C–N with tert-alkyl or cyclic N) is 2. The number of carbonyl (C=O) groups is 2. The third-order valence-corrected chi connectivity index (χ3v) is 5.84. The summed E-state index contributed by atoms with van der Waals surface area (Å²) in [5.74, 6) is 0. The molecule has 1 heterocycles. The van der Waals surface area contributed by atoms with E-state index in [-0.39, 0.29) is 24.8 Å². The summed E-state index contributed by atoms with van der Waals surface area (Å²) in [5.41, 5.74) is -1.39. The van der Waals surface area contributed by atoms with Crippen molar-refractivity contribution in [1.82, 2.24) is 10.6 Å². The first-order chi connectivity index (χ1) is 22.4. The molecule has 1 saturated carbocycles. The van der Waals surface area contributed by atoms with Crippen molar-refractivity contribution in [2.45, 2.75) is 135 Å². The number of aliphatic hydroxyl groups is 4. The molecule has 0 spiro atoms. The van der Waals surface area contributed by atoms with Gasteiger partial charge >= 0.3 is 12.3 Å². The minimum Gasteiger partial charge on any atom is -0.428 e. The molecule has 0 aromatic rings. The molecule has 11 nitrogen and oxygen atoms in total. The number of hydrogen-bond acceptors (Lipinski definition) is 11. The van der Waals surface area contributed by atoms with Crippen LogP contribution in [0.3, 0.4) is 0 Å². The van der Waals surface area contributed by atoms with Gasteiger partial charge in [0.2, 0.25) is 0 Å². The van der Waals surface area contributed by atoms with Crippen molar-refractivity contribution in [3.05, 3.63) is 62.8 Å². The van der Waals surface area contributed by atoms with Gasteiger partial charge in [0.05, 0.1) is 24.4 Å². The number of halogens is 2. The number of rotatable bonds is 8. The van der Waals surface area contributed by atoms with Gasteiger partial charge in [0, 0.05) is 26.2 Å². The molecular formula is C37H70Cl2N2O9. The van der Waals surface area contributed by atoms with Crippen molar-refractivity contribution in [3.8, 4) is 0 Å². The predicted octanol–water partition coefficient (Wildman–Crippen LogP) is 7.12. The van der Waals surface area contributed by atoms with E-state index in [0.29, 0.717) is 13.1 Å². The highest BCUT2D eigenvalue weighted by molar-refractivity contribution is 5.85. The van der Waals surface area contributed by atoms with Gasteiger partial charge in [-0.1, -0.05) is 36.5 Å². The first-order valence-corrected chi connectivity index (χ1v) is 16.8. The molecule has 2 aliphatic carbocycles. The van der Waals surface area contributed by atoms with E-state index in [0.717, 1.165) is 45.2 Å². The highest BCUT2D eigenvalue weighted by Gasteiger charge is 2.24. The second-order valence-electron chi connectivity index (χ2n) is 13.0. The van der Waals surface area contributed by atoms with Gasteiger partial charge in [-0.2, -0.15) is 0 Å². The van der Waals surface area contributed by atoms with Crippen LogP contribution >= 0.6 is 24.8 Å². The molecule has 0 radical (unpaired) electrons. The second-order valence-corrected chi connectivity index (χ2v) is 13.0. The molecule has 0 unspecified atom stereocenters. The number of aliphatic hydroxyl groups excluding tert-OH is 4. The molecule has 13 heteroatoms. The molecule has 4 atom stereocenters. The Morgan fingerprint density at radius 1 is 0.700 bits per heavy atom. The summed E-state index contributed by atoms with van der Waals surface area (Å²) in [5, 5.41) is 40.7.